The Morgan fingerprint density at radius 1 is 1.17 bits per heavy atom. The average Bonchev–Trinajstić information content (AvgIpc) is 2.39. The molecule has 0 atom stereocenters. The smallest absolute Gasteiger partial charge is 0.278 e. The van der Waals surface area contributed by atoms with E-state index in [1.807, 2.05) is 0 Å². The van der Waals surface area contributed by atoms with E-state index in [2.05, 4.69) is 9.97 Å². The van der Waals surface area contributed by atoms with Crippen LogP contribution >= 0.6 is 23.2 Å². The predicted molar refractivity (Wildman–Crippen MR) is 68.0 cm³/mol. The minimum Gasteiger partial charge on any atom is -0.477 e. The molecule has 0 aliphatic carbocycles. The van der Waals surface area contributed by atoms with Gasteiger partial charge in [0.15, 0.2) is 6.29 Å². The Morgan fingerprint density at radius 3 is 2.33 bits per heavy atom. The van der Waals surface area contributed by atoms with Crippen LogP contribution in [-0.2, 0) is 0 Å². The summed E-state index contributed by atoms with van der Waals surface area (Å²) in [4.78, 5) is 19.4. The zero-order valence-electron chi connectivity index (χ0n) is 9.53. The Labute approximate surface area is 113 Å². The summed E-state index contributed by atoms with van der Waals surface area (Å²) in [6.07, 6.45) is 0.580. The average molecular weight is 287 g/mol. The number of ether oxygens (including phenoxy) is 2. The molecule has 2 rings (SSSR count). The van der Waals surface area contributed by atoms with Crippen molar-refractivity contribution in [2.45, 2.75) is 0 Å². The summed E-state index contributed by atoms with van der Waals surface area (Å²) in [5.74, 6) is 0.381. The second kappa shape index (κ2) is 4.96. The molecule has 0 saturated heterocycles. The highest BCUT2D eigenvalue weighted by molar-refractivity contribution is 6.44. The van der Waals surface area contributed by atoms with Gasteiger partial charge in [0.1, 0.15) is 5.52 Å². The highest BCUT2D eigenvalue weighted by Gasteiger charge is 2.16. The minimum atomic E-state index is 0.140. The maximum atomic E-state index is 11.1. The van der Waals surface area contributed by atoms with Crippen molar-refractivity contribution in [1.82, 2.24) is 9.97 Å². The van der Waals surface area contributed by atoms with Gasteiger partial charge in [0.2, 0.25) is 0 Å². The summed E-state index contributed by atoms with van der Waals surface area (Å²) < 4.78 is 10.0. The first-order chi connectivity index (χ1) is 8.62. The van der Waals surface area contributed by atoms with Crippen molar-refractivity contribution in [3.8, 4) is 11.8 Å². The lowest BCUT2D eigenvalue weighted by Gasteiger charge is -2.09. The molecule has 0 spiro atoms. The van der Waals surface area contributed by atoms with E-state index in [4.69, 9.17) is 32.7 Å². The number of hydrogen-bond donors (Lipinski definition) is 0. The molecule has 1 aromatic heterocycles. The van der Waals surface area contributed by atoms with E-state index in [9.17, 15) is 4.79 Å². The fourth-order valence-corrected chi connectivity index (χ4v) is 1.90. The summed E-state index contributed by atoms with van der Waals surface area (Å²) in [7, 11) is 2.87. The lowest BCUT2D eigenvalue weighted by molar-refractivity contribution is 0.112. The van der Waals surface area contributed by atoms with Crippen LogP contribution in [0.4, 0.5) is 0 Å². The third kappa shape index (κ3) is 1.95. The third-order valence-corrected chi connectivity index (χ3v) is 3.13. The van der Waals surface area contributed by atoms with Crippen LogP contribution in [0, 0.1) is 0 Å². The molecule has 0 N–H and O–H groups in total. The molecule has 1 heterocycles. The highest BCUT2D eigenvalue weighted by Crippen LogP contribution is 2.33. The predicted octanol–water partition coefficient (Wildman–Crippen LogP) is 2.77. The number of methoxy groups -OCH3 is 2. The lowest BCUT2D eigenvalue weighted by atomic mass is 10.2. The van der Waals surface area contributed by atoms with Gasteiger partial charge in [-0.1, -0.05) is 23.2 Å². The molecule has 0 fully saturated rings. The molecule has 0 radical (unpaired) electrons. The van der Waals surface area contributed by atoms with Crippen molar-refractivity contribution in [3.63, 3.8) is 0 Å². The van der Waals surface area contributed by atoms with Crippen molar-refractivity contribution in [2.24, 2.45) is 0 Å². The Kier molecular flexibility index (Phi) is 3.54. The largest absolute Gasteiger partial charge is 0.477 e. The normalized spacial score (nSPS) is 10.4. The number of benzene rings is 1. The van der Waals surface area contributed by atoms with Gasteiger partial charge in [0.25, 0.3) is 11.8 Å². The van der Waals surface area contributed by atoms with Crippen molar-refractivity contribution in [3.05, 3.63) is 21.7 Å². The maximum Gasteiger partial charge on any atom is 0.278 e. The number of fused-ring (bicyclic) bond motifs is 1. The second-order valence-corrected chi connectivity index (χ2v) is 4.10. The van der Waals surface area contributed by atoms with Gasteiger partial charge in [-0.15, -0.1) is 0 Å². The fraction of sp³-hybridized carbons (Fsp3) is 0.182. The van der Waals surface area contributed by atoms with E-state index in [-0.39, 0.29) is 27.4 Å². The standard InChI is InChI=1S/C11H8Cl2N2O3/c1-17-10-11(18-2)15-9-5(4-16)8(13)6(12)3-7(9)14-10/h3-4H,1-2H3. The van der Waals surface area contributed by atoms with Crippen molar-refractivity contribution >= 4 is 40.5 Å². The molecular formula is C11H8Cl2N2O3. The summed E-state index contributed by atoms with van der Waals surface area (Å²) in [6.45, 7) is 0. The summed E-state index contributed by atoms with van der Waals surface area (Å²) in [6, 6.07) is 1.52. The van der Waals surface area contributed by atoms with E-state index in [0.29, 0.717) is 17.3 Å². The molecule has 0 bridgehead atoms. The van der Waals surface area contributed by atoms with E-state index in [1.54, 1.807) is 0 Å². The van der Waals surface area contributed by atoms with Crippen LogP contribution in [0.15, 0.2) is 6.07 Å². The zero-order chi connectivity index (χ0) is 13.3. The molecule has 18 heavy (non-hydrogen) atoms. The zero-order valence-corrected chi connectivity index (χ0v) is 11.0. The van der Waals surface area contributed by atoms with Crippen LogP contribution in [0.2, 0.25) is 10.0 Å². The number of carbonyl (C=O) groups is 1. The monoisotopic (exact) mass is 286 g/mol. The van der Waals surface area contributed by atoms with Crippen molar-refractivity contribution in [2.75, 3.05) is 14.2 Å². The quantitative estimate of drug-likeness (QED) is 0.812. The topological polar surface area (TPSA) is 61.3 Å². The number of hydrogen-bond acceptors (Lipinski definition) is 5. The van der Waals surface area contributed by atoms with Crippen LogP contribution in [0.3, 0.4) is 0 Å². The van der Waals surface area contributed by atoms with E-state index in [1.165, 1.54) is 20.3 Å². The number of halogens is 2. The third-order valence-electron chi connectivity index (χ3n) is 2.33. The van der Waals surface area contributed by atoms with Gasteiger partial charge in [0, 0.05) is 0 Å². The van der Waals surface area contributed by atoms with Crippen LogP contribution in [0.5, 0.6) is 11.8 Å². The Bertz CT molecular complexity index is 631. The number of carbonyl (C=O) groups excluding carboxylic acids is 1. The van der Waals surface area contributed by atoms with E-state index >= 15 is 0 Å². The highest BCUT2D eigenvalue weighted by atomic mass is 35.5. The van der Waals surface area contributed by atoms with Gasteiger partial charge in [-0.2, -0.15) is 0 Å². The van der Waals surface area contributed by atoms with Gasteiger partial charge < -0.3 is 9.47 Å². The first-order valence-electron chi connectivity index (χ1n) is 4.85. The Balaban J connectivity index is 2.88. The molecule has 5 nitrogen and oxygen atoms in total. The van der Waals surface area contributed by atoms with Crippen molar-refractivity contribution in [1.29, 1.82) is 0 Å². The van der Waals surface area contributed by atoms with Crippen molar-refractivity contribution < 1.29 is 14.3 Å². The Morgan fingerprint density at radius 2 is 1.78 bits per heavy atom. The molecule has 0 aliphatic rings. The van der Waals surface area contributed by atoms with Gasteiger partial charge in [-0.3, -0.25) is 4.79 Å². The molecule has 1 aromatic carbocycles. The summed E-state index contributed by atoms with van der Waals surface area (Å²) >= 11 is 11.8. The first kappa shape index (κ1) is 12.9. The molecule has 0 saturated carbocycles. The molecule has 0 aliphatic heterocycles. The van der Waals surface area contributed by atoms with E-state index in [0.717, 1.165) is 0 Å². The molecule has 0 amide bonds. The molecule has 7 heteroatoms. The molecule has 2 aromatic rings. The Hall–Kier alpha value is -1.59. The van der Waals surface area contributed by atoms with Crippen LogP contribution in [-0.4, -0.2) is 30.5 Å². The number of rotatable bonds is 3. The minimum absolute atomic E-state index is 0.140. The maximum absolute atomic E-state index is 11.1. The molecular weight excluding hydrogens is 279 g/mol. The number of aldehydes is 1. The SMILES string of the molecule is COc1nc2cc(Cl)c(Cl)c(C=O)c2nc1OC. The van der Waals surface area contributed by atoms with Crippen LogP contribution in [0.1, 0.15) is 10.4 Å². The number of nitrogens with zero attached hydrogens (tertiary/aromatic N) is 2. The summed E-state index contributed by atoms with van der Waals surface area (Å²) in [5.41, 5.74) is 0.897. The van der Waals surface area contributed by atoms with Gasteiger partial charge >= 0.3 is 0 Å². The van der Waals surface area contributed by atoms with Crippen LogP contribution in [0.25, 0.3) is 11.0 Å². The molecule has 94 valence electrons. The van der Waals surface area contributed by atoms with Crippen LogP contribution < -0.4 is 9.47 Å². The lowest BCUT2D eigenvalue weighted by Crippen LogP contribution is -2.00. The first-order valence-corrected chi connectivity index (χ1v) is 5.60. The van der Waals surface area contributed by atoms with E-state index < -0.39 is 0 Å². The van der Waals surface area contributed by atoms with Gasteiger partial charge in [-0.05, 0) is 6.07 Å². The summed E-state index contributed by atoms with van der Waals surface area (Å²) in [5, 5.41) is 0.369. The second-order valence-electron chi connectivity index (χ2n) is 3.31. The number of aromatic nitrogens is 2. The van der Waals surface area contributed by atoms with Gasteiger partial charge in [0.05, 0.1) is 35.3 Å². The van der Waals surface area contributed by atoms with Gasteiger partial charge in [-0.25, -0.2) is 9.97 Å². The molecule has 0 unspecified atom stereocenters. The fourth-order valence-electron chi connectivity index (χ4n) is 1.51.